The van der Waals surface area contributed by atoms with Crippen molar-refractivity contribution in [2.45, 2.75) is 354 Å². The number of hydrogen-bond acceptors (Lipinski definition) is 8. The van der Waals surface area contributed by atoms with E-state index in [1.54, 1.807) is 0 Å². The van der Waals surface area contributed by atoms with E-state index in [-0.39, 0.29) is 32.0 Å². The van der Waals surface area contributed by atoms with Crippen LogP contribution in [0.5, 0.6) is 0 Å². The van der Waals surface area contributed by atoms with Crippen molar-refractivity contribution in [3.63, 3.8) is 0 Å². The van der Waals surface area contributed by atoms with E-state index >= 15 is 0 Å². The van der Waals surface area contributed by atoms with E-state index in [9.17, 15) is 19.0 Å². The van der Waals surface area contributed by atoms with Gasteiger partial charge in [0, 0.05) is 12.8 Å². The van der Waals surface area contributed by atoms with Gasteiger partial charge in [-0.1, -0.05) is 306 Å². The summed E-state index contributed by atoms with van der Waals surface area (Å²) < 4.78 is 34.2. The van der Waals surface area contributed by atoms with Crippen molar-refractivity contribution in [1.29, 1.82) is 0 Å². The number of nitrogens with zero attached hydrogens (tertiary/aromatic N) is 1. The lowest BCUT2D eigenvalue weighted by atomic mass is 10.0. The van der Waals surface area contributed by atoms with E-state index < -0.39 is 26.5 Å². The molecular formula is C72H136NO8P. The second-order valence-electron chi connectivity index (χ2n) is 25.2. The van der Waals surface area contributed by atoms with Crippen molar-refractivity contribution in [3.05, 3.63) is 48.6 Å². The molecule has 2 atom stereocenters. The lowest BCUT2D eigenvalue weighted by Gasteiger charge is -2.28. The molecule has 0 aromatic carbocycles. The highest BCUT2D eigenvalue weighted by Gasteiger charge is 2.22. The number of phosphoric ester groups is 1. The predicted octanol–water partition coefficient (Wildman–Crippen LogP) is 22.2. The number of esters is 2. The van der Waals surface area contributed by atoms with E-state index in [1.807, 2.05) is 21.1 Å². The van der Waals surface area contributed by atoms with Gasteiger partial charge in [0.2, 0.25) is 0 Å². The number of ether oxygens (including phenoxy) is 2. The summed E-state index contributed by atoms with van der Waals surface area (Å²) in [5, 5.41) is 0. The highest BCUT2D eigenvalue weighted by Crippen LogP contribution is 2.38. The monoisotopic (exact) mass is 1170 g/mol. The molecule has 0 N–H and O–H groups in total. The minimum atomic E-state index is -4.64. The molecule has 0 heterocycles. The van der Waals surface area contributed by atoms with Crippen LogP contribution in [0.1, 0.15) is 348 Å². The van der Waals surface area contributed by atoms with Gasteiger partial charge in [-0.25, -0.2) is 0 Å². The van der Waals surface area contributed by atoms with E-state index in [2.05, 4.69) is 62.5 Å². The summed E-state index contributed by atoms with van der Waals surface area (Å²) in [6.07, 6.45) is 82.2. The first-order valence-corrected chi connectivity index (χ1v) is 36.8. The Kier molecular flexibility index (Phi) is 61.9. The van der Waals surface area contributed by atoms with Crippen LogP contribution in [0.15, 0.2) is 48.6 Å². The average Bonchev–Trinajstić information content (AvgIpc) is 3.46. The lowest BCUT2D eigenvalue weighted by molar-refractivity contribution is -0.870. The maximum Gasteiger partial charge on any atom is 0.306 e. The van der Waals surface area contributed by atoms with Crippen molar-refractivity contribution in [1.82, 2.24) is 0 Å². The van der Waals surface area contributed by atoms with Gasteiger partial charge in [-0.05, 0) is 77.0 Å². The molecule has 0 aliphatic rings. The summed E-state index contributed by atoms with van der Waals surface area (Å²) in [6.45, 7) is 4.24. The normalized spacial score (nSPS) is 13.4. The third-order valence-corrected chi connectivity index (χ3v) is 16.8. The van der Waals surface area contributed by atoms with Crippen LogP contribution in [0.25, 0.3) is 0 Å². The average molecular weight is 1170 g/mol. The first-order valence-electron chi connectivity index (χ1n) is 35.3. The summed E-state index contributed by atoms with van der Waals surface area (Å²) in [5.74, 6) is -0.834. The first kappa shape index (κ1) is 80.0. The fourth-order valence-electron chi connectivity index (χ4n) is 10.4. The van der Waals surface area contributed by atoms with Crippen molar-refractivity contribution in [3.8, 4) is 0 Å². The van der Waals surface area contributed by atoms with Crippen LogP contribution >= 0.6 is 7.82 Å². The fraction of sp³-hybridized carbons (Fsp3) is 0.861. The van der Waals surface area contributed by atoms with Crippen molar-refractivity contribution in [2.75, 3.05) is 47.5 Å². The van der Waals surface area contributed by atoms with Gasteiger partial charge in [-0.2, -0.15) is 0 Å². The molecule has 0 radical (unpaired) electrons. The molecule has 0 spiro atoms. The topological polar surface area (TPSA) is 111 Å². The number of hydrogen-bond donors (Lipinski definition) is 0. The molecular weight excluding hydrogens is 1040 g/mol. The lowest BCUT2D eigenvalue weighted by Crippen LogP contribution is -2.37. The number of likely N-dealkylation sites (N-methyl/N-ethyl adjacent to an activating group) is 1. The van der Waals surface area contributed by atoms with Gasteiger partial charge in [0.05, 0.1) is 27.7 Å². The Morgan fingerprint density at radius 2 is 0.659 bits per heavy atom. The number of carbonyl (C=O) groups excluding carboxylic acids is 2. The van der Waals surface area contributed by atoms with Crippen LogP contribution in [-0.4, -0.2) is 70.0 Å². The molecule has 0 rings (SSSR count). The summed E-state index contributed by atoms with van der Waals surface area (Å²) in [7, 11) is 1.17. The molecule has 0 aliphatic heterocycles. The van der Waals surface area contributed by atoms with Gasteiger partial charge in [-0.3, -0.25) is 14.2 Å². The van der Waals surface area contributed by atoms with Crippen LogP contribution in [-0.2, 0) is 32.7 Å². The zero-order chi connectivity index (χ0) is 59.8. The summed E-state index contributed by atoms with van der Waals surface area (Å²) in [6, 6.07) is 0. The molecule has 0 saturated carbocycles. The number of rotatable bonds is 66. The van der Waals surface area contributed by atoms with Crippen molar-refractivity contribution >= 4 is 19.8 Å². The van der Waals surface area contributed by atoms with Crippen molar-refractivity contribution in [2.24, 2.45) is 0 Å². The maximum atomic E-state index is 12.8. The highest BCUT2D eigenvalue weighted by molar-refractivity contribution is 7.45. The quantitative estimate of drug-likeness (QED) is 0.0195. The van der Waals surface area contributed by atoms with E-state index in [4.69, 9.17) is 18.5 Å². The van der Waals surface area contributed by atoms with E-state index in [1.165, 1.54) is 244 Å². The molecule has 0 saturated heterocycles. The van der Waals surface area contributed by atoms with Gasteiger partial charge in [0.1, 0.15) is 19.8 Å². The molecule has 482 valence electrons. The van der Waals surface area contributed by atoms with E-state index in [0.29, 0.717) is 17.4 Å². The van der Waals surface area contributed by atoms with Gasteiger partial charge in [0.15, 0.2) is 6.10 Å². The zero-order valence-electron chi connectivity index (χ0n) is 55.0. The number of carbonyl (C=O) groups is 2. The summed E-state index contributed by atoms with van der Waals surface area (Å²) in [4.78, 5) is 38.0. The molecule has 0 aromatic heterocycles. The van der Waals surface area contributed by atoms with Crippen LogP contribution in [0.2, 0.25) is 0 Å². The third kappa shape index (κ3) is 67.1. The molecule has 9 nitrogen and oxygen atoms in total. The Labute approximate surface area is 509 Å². The SMILES string of the molecule is CCCCC/C=C\C/C=C\C/C=C\CCCCCCCCC(=O)OC(COC(=O)CCCCCCCCCCCCCCCCCCCCCCCCCCCCC/C=C\CCCCCCCCCC)COP(=O)([O-])OCC[N+](C)(C)C. The Balaban J connectivity index is 3.90. The number of quaternary nitrogens is 1. The third-order valence-electron chi connectivity index (χ3n) is 15.8. The zero-order valence-corrected chi connectivity index (χ0v) is 55.8. The molecule has 0 bridgehead atoms. The van der Waals surface area contributed by atoms with Gasteiger partial charge >= 0.3 is 11.9 Å². The second kappa shape index (κ2) is 63.5. The first-order chi connectivity index (χ1) is 40.0. The Morgan fingerprint density at radius 3 is 1.01 bits per heavy atom. The van der Waals surface area contributed by atoms with Gasteiger partial charge in [-0.15, -0.1) is 0 Å². The number of phosphoric acid groups is 1. The maximum absolute atomic E-state index is 12.8. The predicted molar refractivity (Wildman–Crippen MR) is 351 cm³/mol. The highest BCUT2D eigenvalue weighted by atomic mass is 31.2. The molecule has 2 unspecified atom stereocenters. The van der Waals surface area contributed by atoms with Crippen LogP contribution in [0.4, 0.5) is 0 Å². The Bertz CT molecular complexity index is 1520. The van der Waals surface area contributed by atoms with Crippen LogP contribution < -0.4 is 4.89 Å². The van der Waals surface area contributed by atoms with E-state index in [0.717, 1.165) is 70.6 Å². The summed E-state index contributed by atoms with van der Waals surface area (Å²) in [5.41, 5.74) is 0. The second-order valence-corrected chi connectivity index (χ2v) is 26.7. The summed E-state index contributed by atoms with van der Waals surface area (Å²) >= 11 is 0. The molecule has 10 heteroatoms. The standard InChI is InChI=1S/C72H136NO8P/c1-6-8-10-12-14-16-18-20-22-24-26-27-28-29-30-31-32-33-34-35-36-37-38-39-40-41-42-43-44-45-47-48-50-52-54-56-58-60-62-64-71(74)78-68-70(69-80-82(76,77)79-67-66-73(3,4)5)81-72(75)65-63-61-59-57-55-53-51-49-46-25-23-21-19-17-15-13-11-9-7-2/h15,17,21,23-24,26,46,49,70H,6-14,16,18-20,22,25,27-45,47-48,50-69H2,1-5H3/b17-15-,23-21-,26-24-,49-46-. The number of allylic oxidation sites excluding steroid dienone is 8. The minimum absolute atomic E-state index is 0.0330. The van der Waals surface area contributed by atoms with Gasteiger partial charge < -0.3 is 27.9 Å². The largest absolute Gasteiger partial charge is 0.756 e. The molecule has 0 aliphatic carbocycles. The van der Waals surface area contributed by atoms with Crippen molar-refractivity contribution < 1.29 is 42.1 Å². The minimum Gasteiger partial charge on any atom is -0.756 e. The Morgan fingerprint density at radius 1 is 0.378 bits per heavy atom. The van der Waals surface area contributed by atoms with Crippen LogP contribution in [0, 0.1) is 0 Å². The van der Waals surface area contributed by atoms with Gasteiger partial charge in [0.25, 0.3) is 7.82 Å². The van der Waals surface area contributed by atoms with Crippen LogP contribution in [0.3, 0.4) is 0 Å². The molecule has 0 fully saturated rings. The fourth-order valence-corrected chi connectivity index (χ4v) is 11.1. The smallest absolute Gasteiger partial charge is 0.306 e. The molecule has 0 amide bonds. The Hall–Kier alpha value is -2.03. The number of unbranched alkanes of at least 4 members (excludes halogenated alkanes) is 44. The molecule has 0 aromatic rings. The molecule has 82 heavy (non-hydrogen) atoms.